The molecule has 6 nitrogen and oxygen atoms in total. The molecule has 1 heterocycles. The van der Waals surface area contributed by atoms with E-state index in [1.54, 1.807) is 0 Å². The number of carbonyl (C=O) groups is 1. The van der Waals surface area contributed by atoms with Crippen LogP contribution in [0.3, 0.4) is 0 Å². The summed E-state index contributed by atoms with van der Waals surface area (Å²) in [5.41, 5.74) is 2.17. The first-order valence-electron chi connectivity index (χ1n) is 18.7. The molecule has 274 valence electrons. The molecule has 2 aliphatic rings. The summed E-state index contributed by atoms with van der Waals surface area (Å²) in [6.07, 6.45) is 3.73. The van der Waals surface area contributed by atoms with Crippen molar-refractivity contribution in [2.45, 2.75) is 83.2 Å². The Labute approximate surface area is 311 Å². The van der Waals surface area contributed by atoms with Crippen LogP contribution < -0.4 is 10.4 Å². The molecule has 2 fully saturated rings. The summed E-state index contributed by atoms with van der Waals surface area (Å²) in [6.45, 7) is 10.8. The number of hydrogen-bond acceptors (Lipinski definition) is 6. The topological polar surface area (TPSA) is 63.2 Å². The Morgan fingerprint density at radius 2 is 1.29 bits per heavy atom. The SMILES string of the molecule is COC(=O)C[C@@H]1C[C@H](OCc2ccccc2)[C@@H](OCc2ccccc2)[C@H](/C=C/[C@H]2[C@H](C)[C@@H]2CO[Si](c2ccccc2)(c2ccccc2)C(C)(C)C)O1. The van der Waals surface area contributed by atoms with Gasteiger partial charge < -0.3 is 23.4 Å². The zero-order valence-corrected chi connectivity index (χ0v) is 32.2. The number of benzene rings is 4. The first kappa shape index (κ1) is 37.9. The maximum Gasteiger partial charge on any atom is 0.308 e. The molecule has 0 aromatic heterocycles. The van der Waals surface area contributed by atoms with Crippen LogP contribution in [0.15, 0.2) is 133 Å². The van der Waals surface area contributed by atoms with E-state index in [1.165, 1.54) is 17.5 Å². The summed E-state index contributed by atoms with van der Waals surface area (Å²) in [6, 6.07) is 42.0. The third-order valence-corrected chi connectivity index (χ3v) is 15.8. The third-order valence-electron chi connectivity index (χ3n) is 10.8. The van der Waals surface area contributed by atoms with E-state index in [0.29, 0.717) is 44.0 Å². The summed E-state index contributed by atoms with van der Waals surface area (Å²) in [5.74, 6) is 0.870. The highest BCUT2D eigenvalue weighted by Crippen LogP contribution is 2.49. The molecule has 1 aliphatic heterocycles. The van der Waals surface area contributed by atoms with Gasteiger partial charge in [-0.15, -0.1) is 0 Å². The summed E-state index contributed by atoms with van der Waals surface area (Å²) in [7, 11) is -1.23. The fourth-order valence-electron chi connectivity index (χ4n) is 7.81. The zero-order valence-electron chi connectivity index (χ0n) is 31.2. The monoisotopic (exact) mass is 718 g/mol. The van der Waals surface area contributed by atoms with E-state index in [4.69, 9.17) is 23.4 Å². The molecule has 1 saturated carbocycles. The highest BCUT2D eigenvalue weighted by Gasteiger charge is 2.53. The molecular weight excluding hydrogens is 665 g/mol. The maximum absolute atomic E-state index is 12.5. The van der Waals surface area contributed by atoms with Crippen molar-refractivity contribution >= 4 is 24.7 Å². The molecule has 0 bridgehead atoms. The molecule has 4 aromatic carbocycles. The van der Waals surface area contributed by atoms with Gasteiger partial charge in [0.1, 0.15) is 12.2 Å². The molecule has 0 unspecified atom stereocenters. The van der Waals surface area contributed by atoms with Gasteiger partial charge in [-0.05, 0) is 44.3 Å². The minimum absolute atomic E-state index is 0.0815. The predicted molar refractivity (Wildman–Crippen MR) is 209 cm³/mol. The average molecular weight is 719 g/mol. The number of allylic oxidation sites excluding steroid dienone is 1. The van der Waals surface area contributed by atoms with Crippen molar-refractivity contribution in [3.8, 4) is 0 Å². The normalized spacial score (nSPS) is 24.8. The lowest BCUT2D eigenvalue weighted by Crippen LogP contribution is -2.66. The quantitative estimate of drug-likeness (QED) is 0.0708. The van der Waals surface area contributed by atoms with E-state index in [-0.39, 0.29) is 35.7 Å². The van der Waals surface area contributed by atoms with Crippen molar-refractivity contribution in [3.05, 3.63) is 145 Å². The van der Waals surface area contributed by atoms with Gasteiger partial charge >= 0.3 is 5.97 Å². The van der Waals surface area contributed by atoms with Gasteiger partial charge in [0.05, 0.1) is 39.0 Å². The van der Waals surface area contributed by atoms with Crippen LogP contribution >= 0.6 is 0 Å². The molecule has 0 amide bonds. The Kier molecular flexibility index (Phi) is 12.6. The van der Waals surface area contributed by atoms with Crippen molar-refractivity contribution in [1.29, 1.82) is 0 Å². The van der Waals surface area contributed by atoms with Crippen molar-refractivity contribution in [3.63, 3.8) is 0 Å². The van der Waals surface area contributed by atoms with Crippen LogP contribution in [0.1, 0.15) is 51.7 Å². The van der Waals surface area contributed by atoms with E-state index < -0.39 is 14.4 Å². The van der Waals surface area contributed by atoms with Crippen LogP contribution in [0.5, 0.6) is 0 Å². The summed E-state index contributed by atoms with van der Waals surface area (Å²) in [4.78, 5) is 12.5. The third kappa shape index (κ3) is 9.01. The number of ether oxygens (including phenoxy) is 4. The second-order valence-electron chi connectivity index (χ2n) is 15.3. The number of carbonyl (C=O) groups excluding carboxylic acids is 1. The lowest BCUT2D eigenvalue weighted by Gasteiger charge is -2.43. The zero-order chi connectivity index (χ0) is 36.6. The molecule has 1 saturated heterocycles. The lowest BCUT2D eigenvalue weighted by atomic mass is 9.94. The molecule has 7 heteroatoms. The van der Waals surface area contributed by atoms with Crippen LogP contribution in [0, 0.1) is 17.8 Å². The highest BCUT2D eigenvalue weighted by molar-refractivity contribution is 6.99. The first-order chi connectivity index (χ1) is 25.2. The highest BCUT2D eigenvalue weighted by atomic mass is 28.4. The van der Waals surface area contributed by atoms with Gasteiger partial charge in [-0.2, -0.15) is 0 Å². The van der Waals surface area contributed by atoms with E-state index in [1.807, 2.05) is 36.4 Å². The van der Waals surface area contributed by atoms with Gasteiger partial charge in [0.15, 0.2) is 0 Å². The Balaban J connectivity index is 1.23. The van der Waals surface area contributed by atoms with E-state index >= 15 is 0 Å². The first-order valence-corrected chi connectivity index (χ1v) is 20.6. The van der Waals surface area contributed by atoms with E-state index in [2.05, 4.69) is 125 Å². The van der Waals surface area contributed by atoms with Gasteiger partial charge in [-0.1, -0.05) is 161 Å². The minimum atomic E-state index is -2.64. The van der Waals surface area contributed by atoms with Crippen molar-refractivity contribution in [2.75, 3.05) is 13.7 Å². The molecular formula is C45H54O6Si. The number of methoxy groups -OCH3 is 1. The fourth-order valence-corrected chi connectivity index (χ4v) is 12.4. The number of esters is 1. The average Bonchev–Trinajstić information content (AvgIpc) is 3.80. The largest absolute Gasteiger partial charge is 0.469 e. The second-order valence-corrected chi connectivity index (χ2v) is 19.6. The van der Waals surface area contributed by atoms with Crippen LogP contribution in [-0.4, -0.2) is 52.4 Å². The Morgan fingerprint density at radius 3 is 1.81 bits per heavy atom. The van der Waals surface area contributed by atoms with Crippen LogP contribution in [0.2, 0.25) is 5.04 Å². The number of hydrogen-bond donors (Lipinski definition) is 0. The molecule has 7 atom stereocenters. The Hall–Kier alpha value is -3.85. The molecule has 6 rings (SSSR count). The van der Waals surface area contributed by atoms with E-state index in [0.717, 1.165) is 11.1 Å². The molecule has 52 heavy (non-hydrogen) atoms. The standard InChI is InChI=1S/C45H54O6Si/c1-33-39(40(33)32-50-52(45(2,3)4,37-22-14-8-15-23-37)38-24-16-9-17-25-38)26-27-41-44(49-31-35-20-12-7-13-21-35)42(28-36(51-41)29-43(46)47-5)48-30-34-18-10-6-11-19-34/h6-27,33,36,39-42,44H,28-32H2,1-5H3/b27-26+/t33-,36-,39-,40-,41-,42-,44-/m0/s1. The van der Waals surface area contributed by atoms with E-state index in [9.17, 15) is 4.79 Å². The van der Waals surface area contributed by atoms with Crippen LogP contribution in [0.4, 0.5) is 0 Å². The Morgan fingerprint density at radius 1 is 0.769 bits per heavy atom. The van der Waals surface area contributed by atoms with Gasteiger partial charge in [-0.25, -0.2) is 0 Å². The smallest absolute Gasteiger partial charge is 0.308 e. The van der Waals surface area contributed by atoms with Gasteiger partial charge in [0, 0.05) is 13.0 Å². The lowest BCUT2D eigenvalue weighted by molar-refractivity contribution is -0.198. The second kappa shape index (κ2) is 17.3. The predicted octanol–water partition coefficient (Wildman–Crippen LogP) is 7.89. The molecule has 0 spiro atoms. The molecule has 0 radical (unpaired) electrons. The summed E-state index contributed by atoms with van der Waals surface area (Å²) in [5, 5.41) is 2.50. The van der Waals surface area contributed by atoms with Crippen LogP contribution in [-0.2, 0) is 41.4 Å². The number of rotatable bonds is 15. The minimum Gasteiger partial charge on any atom is -0.469 e. The van der Waals surface area contributed by atoms with Gasteiger partial charge in [0.25, 0.3) is 8.32 Å². The van der Waals surface area contributed by atoms with Gasteiger partial charge in [0.2, 0.25) is 0 Å². The molecule has 1 aliphatic carbocycles. The van der Waals surface area contributed by atoms with Gasteiger partial charge in [-0.3, -0.25) is 4.79 Å². The van der Waals surface area contributed by atoms with Crippen molar-refractivity contribution in [1.82, 2.24) is 0 Å². The van der Waals surface area contributed by atoms with Crippen molar-refractivity contribution < 1.29 is 28.2 Å². The molecule has 0 N–H and O–H groups in total. The van der Waals surface area contributed by atoms with Crippen molar-refractivity contribution in [2.24, 2.45) is 17.8 Å². The fraction of sp³-hybridized carbons (Fsp3) is 0.400. The summed E-state index contributed by atoms with van der Waals surface area (Å²) < 4.78 is 32.3. The summed E-state index contributed by atoms with van der Waals surface area (Å²) >= 11 is 0. The maximum atomic E-state index is 12.5. The Bertz CT molecular complexity index is 1670. The molecule has 4 aromatic rings. The van der Waals surface area contributed by atoms with Crippen LogP contribution in [0.25, 0.3) is 0 Å².